The molecule has 0 fully saturated rings. The molecule has 1 heterocycles. The fourth-order valence-electron chi connectivity index (χ4n) is 1.46. The van der Waals surface area contributed by atoms with Gasteiger partial charge >= 0.3 is 0 Å². The van der Waals surface area contributed by atoms with E-state index in [-0.39, 0.29) is 24.1 Å². The smallest absolute Gasteiger partial charge is 0.259 e. The van der Waals surface area contributed by atoms with Crippen LogP contribution in [0.5, 0.6) is 0 Å². The van der Waals surface area contributed by atoms with Gasteiger partial charge in [0, 0.05) is 31.0 Å². The number of aryl methyl sites for hydroxylation is 1. The predicted molar refractivity (Wildman–Crippen MR) is 65.0 cm³/mol. The van der Waals surface area contributed by atoms with E-state index in [9.17, 15) is 9.59 Å². The van der Waals surface area contributed by atoms with E-state index in [0.29, 0.717) is 12.2 Å². The third kappa shape index (κ3) is 3.29. The van der Waals surface area contributed by atoms with E-state index in [2.05, 4.69) is 11.6 Å². The highest BCUT2D eigenvalue weighted by molar-refractivity contribution is 5.93. The Morgan fingerprint density at radius 2 is 2.35 bits per heavy atom. The van der Waals surface area contributed by atoms with Gasteiger partial charge in [0.05, 0.1) is 6.61 Å². The van der Waals surface area contributed by atoms with Crippen molar-refractivity contribution in [1.82, 2.24) is 9.88 Å². The number of carbonyl (C=O) groups is 1. The maximum absolute atomic E-state index is 12.0. The minimum Gasteiger partial charge on any atom is -0.395 e. The van der Waals surface area contributed by atoms with E-state index in [1.54, 1.807) is 13.0 Å². The Kier molecular flexibility index (Phi) is 4.66. The van der Waals surface area contributed by atoms with E-state index in [1.807, 2.05) is 0 Å². The second kappa shape index (κ2) is 6.00. The van der Waals surface area contributed by atoms with Crippen LogP contribution in [0.25, 0.3) is 0 Å². The van der Waals surface area contributed by atoms with Crippen LogP contribution in [0.15, 0.2) is 29.7 Å². The number of aromatic amines is 1. The summed E-state index contributed by atoms with van der Waals surface area (Å²) < 4.78 is 0. The molecule has 1 aromatic heterocycles. The monoisotopic (exact) mass is 236 g/mol. The van der Waals surface area contributed by atoms with Gasteiger partial charge in [-0.05, 0) is 6.92 Å². The number of aliphatic hydroxyl groups excluding tert-OH is 1. The number of H-pyrrole nitrogens is 1. The first-order valence-electron chi connectivity index (χ1n) is 5.30. The first kappa shape index (κ1) is 13.2. The van der Waals surface area contributed by atoms with Crippen molar-refractivity contribution in [3.63, 3.8) is 0 Å². The lowest BCUT2D eigenvalue weighted by atomic mass is 10.2. The number of nitrogens with one attached hydrogen (secondary N) is 1. The summed E-state index contributed by atoms with van der Waals surface area (Å²) in [4.78, 5) is 27.8. The van der Waals surface area contributed by atoms with Crippen LogP contribution < -0.4 is 5.43 Å². The second-order valence-electron chi connectivity index (χ2n) is 3.66. The van der Waals surface area contributed by atoms with Crippen molar-refractivity contribution in [3.8, 4) is 0 Å². The van der Waals surface area contributed by atoms with Crippen molar-refractivity contribution in [3.05, 3.63) is 46.4 Å². The number of aromatic nitrogens is 1. The number of pyridine rings is 1. The van der Waals surface area contributed by atoms with Crippen LogP contribution >= 0.6 is 0 Å². The molecule has 0 bridgehead atoms. The van der Waals surface area contributed by atoms with Gasteiger partial charge in [-0.25, -0.2) is 0 Å². The van der Waals surface area contributed by atoms with Gasteiger partial charge in [0.15, 0.2) is 5.43 Å². The minimum absolute atomic E-state index is 0.0749. The zero-order valence-corrected chi connectivity index (χ0v) is 9.77. The van der Waals surface area contributed by atoms with Crippen molar-refractivity contribution in [2.75, 3.05) is 19.7 Å². The van der Waals surface area contributed by atoms with Crippen molar-refractivity contribution >= 4 is 5.91 Å². The average Bonchev–Trinajstić information content (AvgIpc) is 2.28. The maximum atomic E-state index is 12.0. The molecule has 0 aliphatic heterocycles. The molecule has 5 heteroatoms. The number of aliphatic hydroxyl groups is 1. The van der Waals surface area contributed by atoms with Gasteiger partial charge in [0.2, 0.25) is 0 Å². The van der Waals surface area contributed by atoms with Crippen molar-refractivity contribution < 1.29 is 9.90 Å². The molecule has 1 aromatic rings. The molecule has 0 spiro atoms. The summed E-state index contributed by atoms with van der Waals surface area (Å²) in [5.41, 5.74) is 0.452. The summed E-state index contributed by atoms with van der Waals surface area (Å²) in [6, 6.07) is 1.37. The molecule has 0 atom stereocenters. The lowest BCUT2D eigenvalue weighted by Crippen LogP contribution is -2.36. The van der Waals surface area contributed by atoms with E-state index < -0.39 is 5.91 Å². The Hall–Kier alpha value is -1.88. The molecule has 0 aromatic carbocycles. The molecule has 0 saturated heterocycles. The highest BCUT2D eigenvalue weighted by atomic mass is 16.3. The van der Waals surface area contributed by atoms with E-state index in [4.69, 9.17) is 5.11 Å². The van der Waals surface area contributed by atoms with Gasteiger partial charge in [-0.15, -0.1) is 6.58 Å². The van der Waals surface area contributed by atoms with Crippen LogP contribution in [0.4, 0.5) is 0 Å². The summed E-state index contributed by atoms with van der Waals surface area (Å²) in [5.74, 6) is -0.403. The Morgan fingerprint density at radius 1 is 1.65 bits per heavy atom. The zero-order valence-electron chi connectivity index (χ0n) is 9.77. The second-order valence-corrected chi connectivity index (χ2v) is 3.66. The molecular weight excluding hydrogens is 220 g/mol. The quantitative estimate of drug-likeness (QED) is 0.722. The van der Waals surface area contributed by atoms with E-state index >= 15 is 0 Å². The molecule has 0 unspecified atom stereocenters. The normalized spacial score (nSPS) is 10.0. The standard InChI is InChI=1S/C12H16N2O3/c1-3-4-14(5-6-15)12(17)10-8-13-9(2)7-11(10)16/h3,7-8,15H,1,4-6H2,2H3,(H,13,16). The largest absolute Gasteiger partial charge is 0.395 e. The van der Waals surface area contributed by atoms with Gasteiger partial charge in [-0.3, -0.25) is 9.59 Å². The molecule has 0 radical (unpaired) electrons. The first-order chi connectivity index (χ1) is 8.10. The Balaban J connectivity index is 3.00. The minimum atomic E-state index is -0.403. The number of rotatable bonds is 5. The molecular formula is C12H16N2O3. The molecule has 92 valence electrons. The van der Waals surface area contributed by atoms with Crippen molar-refractivity contribution in [2.45, 2.75) is 6.92 Å². The lowest BCUT2D eigenvalue weighted by Gasteiger charge is -2.19. The number of amides is 1. The maximum Gasteiger partial charge on any atom is 0.259 e. The first-order valence-corrected chi connectivity index (χ1v) is 5.30. The summed E-state index contributed by atoms with van der Waals surface area (Å²) in [5, 5.41) is 8.86. The molecule has 2 N–H and O–H groups in total. The van der Waals surface area contributed by atoms with Crippen LogP contribution in [0.3, 0.4) is 0 Å². The lowest BCUT2D eigenvalue weighted by molar-refractivity contribution is 0.0741. The summed E-state index contributed by atoms with van der Waals surface area (Å²) in [6.07, 6.45) is 2.95. The Labute approximate surface area is 99.4 Å². The Bertz CT molecular complexity index is 465. The van der Waals surface area contributed by atoms with Crippen LogP contribution in [0, 0.1) is 6.92 Å². The van der Waals surface area contributed by atoms with Gasteiger partial charge < -0.3 is 15.0 Å². The fraction of sp³-hybridized carbons (Fsp3) is 0.333. The number of hydrogen-bond donors (Lipinski definition) is 2. The molecule has 0 saturated carbocycles. The number of hydrogen-bond acceptors (Lipinski definition) is 3. The van der Waals surface area contributed by atoms with Crippen LogP contribution in [-0.2, 0) is 0 Å². The molecule has 17 heavy (non-hydrogen) atoms. The van der Waals surface area contributed by atoms with Crippen molar-refractivity contribution in [1.29, 1.82) is 0 Å². The average molecular weight is 236 g/mol. The third-order valence-electron chi connectivity index (χ3n) is 2.29. The van der Waals surface area contributed by atoms with Gasteiger partial charge in [0.25, 0.3) is 5.91 Å². The van der Waals surface area contributed by atoms with E-state index in [1.165, 1.54) is 17.2 Å². The molecule has 1 rings (SSSR count). The molecule has 0 aliphatic rings. The van der Waals surface area contributed by atoms with Crippen molar-refractivity contribution in [2.24, 2.45) is 0 Å². The number of carbonyl (C=O) groups excluding carboxylic acids is 1. The highest BCUT2D eigenvalue weighted by Gasteiger charge is 2.16. The number of nitrogens with zero attached hydrogens (tertiary/aromatic N) is 1. The summed E-state index contributed by atoms with van der Waals surface area (Å²) in [6.45, 7) is 5.60. The Morgan fingerprint density at radius 3 is 2.88 bits per heavy atom. The van der Waals surface area contributed by atoms with Gasteiger partial charge in [-0.2, -0.15) is 0 Å². The third-order valence-corrected chi connectivity index (χ3v) is 2.29. The van der Waals surface area contributed by atoms with Gasteiger partial charge in [0.1, 0.15) is 5.56 Å². The van der Waals surface area contributed by atoms with Crippen LogP contribution in [0.1, 0.15) is 16.1 Å². The SMILES string of the molecule is C=CCN(CCO)C(=O)c1c[nH]c(C)cc1=O. The molecule has 0 aliphatic carbocycles. The predicted octanol–water partition coefficient (Wildman–Crippen LogP) is 0.304. The van der Waals surface area contributed by atoms with Crippen LogP contribution in [-0.4, -0.2) is 40.6 Å². The van der Waals surface area contributed by atoms with Crippen LogP contribution in [0.2, 0.25) is 0 Å². The molecule has 5 nitrogen and oxygen atoms in total. The zero-order chi connectivity index (χ0) is 12.8. The highest BCUT2D eigenvalue weighted by Crippen LogP contribution is 2.00. The molecule has 1 amide bonds. The summed E-state index contributed by atoms with van der Waals surface area (Å²) in [7, 11) is 0. The topological polar surface area (TPSA) is 73.4 Å². The fourth-order valence-corrected chi connectivity index (χ4v) is 1.46. The summed E-state index contributed by atoms with van der Waals surface area (Å²) >= 11 is 0. The van der Waals surface area contributed by atoms with E-state index in [0.717, 1.165) is 0 Å². The van der Waals surface area contributed by atoms with Gasteiger partial charge in [-0.1, -0.05) is 6.08 Å².